The van der Waals surface area contributed by atoms with Crippen LogP contribution in [0.25, 0.3) is 0 Å². The second-order valence-corrected chi connectivity index (χ2v) is 7.35. The Morgan fingerprint density at radius 2 is 2.07 bits per heavy atom. The van der Waals surface area contributed by atoms with E-state index in [9.17, 15) is 4.79 Å². The molecule has 6 nitrogen and oxygen atoms in total. The number of carbonyl (C=O) groups is 1. The molecular formula is C19H21Cl2N3O3. The van der Waals surface area contributed by atoms with E-state index < -0.39 is 5.91 Å². The van der Waals surface area contributed by atoms with E-state index in [2.05, 4.69) is 10.3 Å². The number of methoxy groups -OCH3 is 1. The highest BCUT2D eigenvalue weighted by atomic mass is 35.5. The van der Waals surface area contributed by atoms with Crippen LogP contribution in [-0.2, 0) is 10.2 Å². The van der Waals surface area contributed by atoms with Gasteiger partial charge in [0.1, 0.15) is 11.6 Å². The molecule has 1 fully saturated rings. The van der Waals surface area contributed by atoms with E-state index in [0.29, 0.717) is 35.6 Å². The molecule has 144 valence electrons. The van der Waals surface area contributed by atoms with Gasteiger partial charge in [0.15, 0.2) is 0 Å². The number of primary amides is 1. The highest BCUT2D eigenvalue weighted by molar-refractivity contribution is 6.33. The highest BCUT2D eigenvalue weighted by Crippen LogP contribution is 2.41. The van der Waals surface area contributed by atoms with Crippen LogP contribution >= 0.6 is 23.2 Å². The van der Waals surface area contributed by atoms with Gasteiger partial charge in [-0.15, -0.1) is 0 Å². The molecule has 3 N–H and O–H groups in total. The lowest BCUT2D eigenvalue weighted by atomic mass is 9.73. The summed E-state index contributed by atoms with van der Waals surface area (Å²) in [6.07, 6.45) is 3.01. The van der Waals surface area contributed by atoms with E-state index in [-0.39, 0.29) is 11.0 Å². The molecule has 0 bridgehead atoms. The second kappa shape index (κ2) is 8.33. The molecule has 27 heavy (non-hydrogen) atoms. The number of ether oxygens (including phenoxy) is 2. The summed E-state index contributed by atoms with van der Waals surface area (Å²) in [4.78, 5) is 15.5. The van der Waals surface area contributed by atoms with Crippen molar-refractivity contribution in [3.8, 4) is 5.75 Å². The molecular weight excluding hydrogens is 389 g/mol. The first-order chi connectivity index (χ1) is 12.9. The number of rotatable bonds is 6. The number of aromatic nitrogens is 1. The molecule has 0 atom stereocenters. The number of anilines is 1. The van der Waals surface area contributed by atoms with Crippen LogP contribution in [0.5, 0.6) is 5.75 Å². The maximum atomic E-state index is 11.3. The molecule has 2 aromatic rings. The van der Waals surface area contributed by atoms with Gasteiger partial charge in [-0.1, -0.05) is 23.2 Å². The summed E-state index contributed by atoms with van der Waals surface area (Å²) in [5.74, 6) is 0.709. The Bertz CT molecular complexity index is 839. The summed E-state index contributed by atoms with van der Waals surface area (Å²) < 4.78 is 11.1. The van der Waals surface area contributed by atoms with Gasteiger partial charge in [0.25, 0.3) is 0 Å². The number of nitrogens with zero attached hydrogens (tertiary/aromatic N) is 1. The quantitative estimate of drug-likeness (QED) is 0.759. The van der Waals surface area contributed by atoms with E-state index in [1.807, 2.05) is 18.2 Å². The Hall–Kier alpha value is -2.02. The molecule has 1 aliphatic rings. The van der Waals surface area contributed by atoms with E-state index in [1.165, 1.54) is 12.3 Å². The lowest BCUT2D eigenvalue weighted by molar-refractivity contribution is 0.0535. The fourth-order valence-electron chi connectivity index (χ4n) is 3.35. The third-order valence-electron chi connectivity index (χ3n) is 4.90. The van der Waals surface area contributed by atoms with Crippen molar-refractivity contribution in [2.24, 2.45) is 5.73 Å². The Morgan fingerprint density at radius 1 is 1.33 bits per heavy atom. The van der Waals surface area contributed by atoms with Gasteiger partial charge in [0.2, 0.25) is 5.91 Å². The predicted octanol–water partition coefficient (Wildman–Crippen LogP) is 3.66. The van der Waals surface area contributed by atoms with Crippen molar-refractivity contribution in [1.29, 1.82) is 0 Å². The van der Waals surface area contributed by atoms with Crippen molar-refractivity contribution >= 4 is 34.9 Å². The van der Waals surface area contributed by atoms with Gasteiger partial charge >= 0.3 is 0 Å². The first kappa shape index (κ1) is 19.7. The normalized spacial score (nSPS) is 16.0. The Balaban J connectivity index is 1.91. The number of hydrogen-bond acceptors (Lipinski definition) is 5. The van der Waals surface area contributed by atoms with Crippen molar-refractivity contribution in [3.05, 3.63) is 51.6 Å². The summed E-state index contributed by atoms with van der Waals surface area (Å²) in [5.41, 5.74) is 6.31. The van der Waals surface area contributed by atoms with Gasteiger partial charge in [-0.25, -0.2) is 4.98 Å². The van der Waals surface area contributed by atoms with E-state index in [4.69, 9.17) is 38.4 Å². The molecule has 1 amide bonds. The van der Waals surface area contributed by atoms with Gasteiger partial charge < -0.3 is 20.5 Å². The van der Waals surface area contributed by atoms with Crippen LogP contribution in [0.1, 0.15) is 28.8 Å². The van der Waals surface area contributed by atoms with Crippen molar-refractivity contribution < 1.29 is 14.3 Å². The summed E-state index contributed by atoms with van der Waals surface area (Å²) in [6, 6.07) is 7.14. The standard InChI is InChI=1S/C19H21Cl2N3O3/c1-26-16-3-2-13(20)9-14(16)19(4-6-27-7-5-19)11-24-18-15(21)8-12(10-23-18)17(22)25/h2-3,8-10H,4-7,11H2,1H3,(H2,22,25)(H,23,24). The Morgan fingerprint density at radius 3 is 2.70 bits per heavy atom. The number of benzene rings is 1. The van der Waals surface area contributed by atoms with Crippen molar-refractivity contribution in [2.75, 3.05) is 32.2 Å². The van der Waals surface area contributed by atoms with Gasteiger partial charge in [0, 0.05) is 42.0 Å². The molecule has 0 spiro atoms. The molecule has 0 aliphatic carbocycles. The van der Waals surface area contributed by atoms with Crippen LogP contribution in [0.3, 0.4) is 0 Å². The highest BCUT2D eigenvalue weighted by Gasteiger charge is 2.37. The topological polar surface area (TPSA) is 86.5 Å². The zero-order valence-electron chi connectivity index (χ0n) is 14.9. The molecule has 8 heteroatoms. The average Bonchev–Trinajstić information content (AvgIpc) is 2.67. The van der Waals surface area contributed by atoms with Gasteiger partial charge in [-0.3, -0.25) is 4.79 Å². The molecule has 1 aromatic carbocycles. The third kappa shape index (κ3) is 4.29. The van der Waals surface area contributed by atoms with Crippen molar-refractivity contribution in [1.82, 2.24) is 4.98 Å². The fraction of sp³-hybridized carbons (Fsp3) is 0.368. The summed E-state index contributed by atoms with van der Waals surface area (Å²) in [5, 5.41) is 4.30. The number of carbonyl (C=O) groups excluding carboxylic acids is 1. The average molecular weight is 410 g/mol. The fourth-order valence-corrected chi connectivity index (χ4v) is 3.76. The zero-order chi connectivity index (χ0) is 19.4. The molecule has 1 saturated heterocycles. The number of amides is 1. The van der Waals surface area contributed by atoms with Crippen LogP contribution in [0.15, 0.2) is 30.5 Å². The van der Waals surface area contributed by atoms with Gasteiger partial charge in [-0.05, 0) is 37.1 Å². The van der Waals surface area contributed by atoms with Crippen LogP contribution in [-0.4, -0.2) is 37.8 Å². The lowest BCUT2D eigenvalue weighted by Crippen LogP contribution is -2.40. The van der Waals surface area contributed by atoms with Crippen molar-refractivity contribution in [2.45, 2.75) is 18.3 Å². The summed E-state index contributed by atoms with van der Waals surface area (Å²) in [6.45, 7) is 1.84. The minimum Gasteiger partial charge on any atom is -0.496 e. The number of nitrogens with one attached hydrogen (secondary N) is 1. The van der Waals surface area contributed by atoms with E-state index in [1.54, 1.807) is 7.11 Å². The zero-order valence-corrected chi connectivity index (χ0v) is 16.4. The summed E-state index contributed by atoms with van der Waals surface area (Å²) in [7, 11) is 1.65. The van der Waals surface area contributed by atoms with E-state index >= 15 is 0 Å². The number of nitrogens with two attached hydrogens (primary N) is 1. The van der Waals surface area contributed by atoms with Crippen LogP contribution in [0, 0.1) is 0 Å². The third-order valence-corrected chi connectivity index (χ3v) is 5.43. The van der Waals surface area contributed by atoms with Gasteiger partial charge in [-0.2, -0.15) is 0 Å². The lowest BCUT2D eigenvalue weighted by Gasteiger charge is -2.39. The molecule has 3 rings (SSSR count). The number of halogens is 2. The van der Waals surface area contributed by atoms with Crippen molar-refractivity contribution in [3.63, 3.8) is 0 Å². The maximum Gasteiger partial charge on any atom is 0.250 e. The number of hydrogen-bond donors (Lipinski definition) is 2. The minimum atomic E-state index is -0.569. The molecule has 0 saturated carbocycles. The Labute approximate surface area is 168 Å². The monoisotopic (exact) mass is 409 g/mol. The minimum absolute atomic E-state index is 0.248. The molecule has 1 aromatic heterocycles. The second-order valence-electron chi connectivity index (χ2n) is 6.51. The maximum absolute atomic E-state index is 11.3. The first-order valence-electron chi connectivity index (χ1n) is 8.56. The van der Waals surface area contributed by atoms with Crippen LogP contribution in [0.2, 0.25) is 10.0 Å². The molecule has 1 aliphatic heterocycles. The molecule has 2 heterocycles. The largest absolute Gasteiger partial charge is 0.496 e. The Kier molecular flexibility index (Phi) is 6.09. The number of pyridine rings is 1. The predicted molar refractivity (Wildman–Crippen MR) is 106 cm³/mol. The van der Waals surface area contributed by atoms with Crippen LogP contribution in [0.4, 0.5) is 5.82 Å². The molecule has 0 radical (unpaired) electrons. The van der Waals surface area contributed by atoms with Gasteiger partial charge in [0.05, 0.1) is 17.7 Å². The first-order valence-corrected chi connectivity index (χ1v) is 9.32. The SMILES string of the molecule is COc1ccc(Cl)cc1C1(CNc2ncc(C(N)=O)cc2Cl)CCOCC1. The van der Waals surface area contributed by atoms with Crippen LogP contribution < -0.4 is 15.8 Å². The smallest absolute Gasteiger partial charge is 0.250 e. The molecule has 0 unspecified atom stereocenters. The summed E-state index contributed by atoms with van der Waals surface area (Å²) >= 11 is 12.5. The van der Waals surface area contributed by atoms with E-state index in [0.717, 1.165) is 24.2 Å².